The Morgan fingerprint density at radius 3 is 2.91 bits per heavy atom. The molecular weight excluding hydrogens is 298 g/mol. The number of amides is 1. The molecule has 1 aliphatic rings. The van der Waals surface area contributed by atoms with Gasteiger partial charge in [0.05, 0.1) is 5.39 Å². The number of carbonyl (C=O) groups excluding carboxylic acids is 1. The lowest BCUT2D eigenvalue weighted by molar-refractivity contribution is -0.134. The zero-order chi connectivity index (χ0) is 15.5. The first-order valence-electron chi connectivity index (χ1n) is 7.72. The quantitative estimate of drug-likeness (QED) is 0.869. The summed E-state index contributed by atoms with van der Waals surface area (Å²) in [7, 11) is 1.88. The molecule has 2 heterocycles. The van der Waals surface area contributed by atoms with Crippen molar-refractivity contribution in [1.82, 2.24) is 14.9 Å². The lowest BCUT2D eigenvalue weighted by Gasteiger charge is -2.33. The Hall–Kier alpha value is -1.69. The van der Waals surface area contributed by atoms with Crippen LogP contribution in [0, 0.1) is 5.92 Å². The monoisotopic (exact) mass is 319 g/mol. The molecule has 1 amide bonds. The maximum atomic E-state index is 12.3. The molecule has 2 aromatic heterocycles. The second-order valence-electron chi connectivity index (χ2n) is 6.03. The predicted molar refractivity (Wildman–Crippen MR) is 87.1 cm³/mol. The summed E-state index contributed by atoms with van der Waals surface area (Å²) in [5.41, 5.74) is 0. The minimum absolute atomic E-state index is 0.0153. The van der Waals surface area contributed by atoms with E-state index in [9.17, 15) is 4.79 Å². The molecule has 2 aromatic rings. The molecule has 3 rings (SSSR count). The Labute approximate surface area is 134 Å². The molecule has 0 spiro atoms. The van der Waals surface area contributed by atoms with Gasteiger partial charge < -0.3 is 9.64 Å². The summed E-state index contributed by atoms with van der Waals surface area (Å²) in [6.07, 6.45) is 6.05. The van der Waals surface area contributed by atoms with Crippen LogP contribution < -0.4 is 4.74 Å². The number of ether oxygens (including phenoxy) is 1. The third-order valence-corrected chi connectivity index (χ3v) is 5.30. The van der Waals surface area contributed by atoms with Gasteiger partial charge in [0.2, 0.25) is 5.88 Å². The van der Waals surface area contributed by atoms with Crippen LogP contribution >= 0.6 is 11.3 Å². The SMILES string of the molecule is CC1CCC(N(C)C(=O)COc2ncnc3sccc23)CC1. The van der Waals surface area contributed by atoms with E-state index >= 15 is 0 Å². The highest BCUT2D eigenvalue weighted by Gasteiger charge is 2.25. The molecule has 118 valence electrons. The number of hydrogen-bond acceptors (Lipinski definition) is 5. The Balaban J connectivity index is 1.59. The fraction of sp³-hybridized carbons (Fsp3) is 0.562. The summed E-state index contributed by atoms with van der Waals surface area (Å²) >= 11 is 1.54. The van der Waals surface area contributed by atoms with Gasteiger partial charge in [0.15, 0.2) is 6.61 Å². The summed E-state index contributed by atoms with van der Waals surface area (Å²) < 4.78 is 5.64. The third kappa shape index (κ3) is 3.21. The van der Waals surface area contributed by atoms with E-state index in [1.807, 2.05) is 23.4 Å². The first kappa shape index (κ1) is 15.2. The van der Waals surface area contributed by atoms with E-state index in [0.717, 1.165) is 29.0 Å². The van der Waals surface area contributed by atoms with Gasteiger partial charge in [-0.1, -0.05) is 6.92 Å². The van der Waals surface area contributed by atoms with Crippen molar-refractivity contribution in [2.75, 3.05) is 13.7 Å². The Kier molecular flexibility index (Phi) is 4.57. The minimum atomic E-state index is 0.0153. The summed E-state index contributed by atoms with van der Waals surface area (Å²) in [6, 6.07) is 2.27. The number of nitrogens with zero attached hydrogens (tertiary/aromatic N) is 3. The second kappa shape index (κ2) is 6.60. The Morgan fingerprint density at radius 2 is 2.14 bits per heavy atom. The molecule has 1 aliphatic carbocycles. The molecule has 22 heavy (non-hydrogen) atoms. The van der Waals surface area contributed by atoms with E-state index in [1.54, 1.807) is 0 Å². The topological polar surface area (TPSA) is 55.3 Å². The highest BCUT2D eigenvalue weighted by molar-refractivity contribution is 7.16. The zero-order valence-corrected chi connectivity index (χ0v) is 13.8. The van der Waals surface area contributed by atoms with E-state index in [0.29, 0.717) is 11.9 Å². The van der Waals surface area contributed by atoms with Crippen molar-refractivity contribution in [3.8, 4) is 5.88 Å². The first-order chi connectivity index (χ1) is 10.6. The molecule has 0 bridgehead atoms. The number of hydrogen-bond donors (Lipinski definition) is 0. The van der Waals surface area contributed by atoms with Gasteiger partial charge in [0.25, 0.3) is 5.91 Å². The summed E-state index contributed by atoms with van der Waals surface area (Å²) in [5, 5.41) is 2.82. The summed E-state index contributed by atoms with van der Waals surface area (Å²) in [4.78, 5) is 23.4. The van der Waals surface area contributed by atoms with E-state index in [2.05, 4.69) is 16.9 Å². The normalized spacial score (nSPS) is 21.7. The summed E-state index contributed by atoms with van der Waals surface area (Å²) in [5.74, 6) is 1.29. The van der Waals surface area contributed by atoms with Gasteiger partial charge in [-0.05, 0) is 43.0 Å². The number of carbonyl (C=O) groups is 1. The van der Waals surface area contributed by atoms with Gasteiger partial charge in [-0.25, -0.2) is 9.97 Å². The number of fused-ring (bicyclic) bond motifs is 1. The molecule has 0 saturated heterocycles. The van der Waals surface area contributed by atoms with Gasteiger partial charge in [0, 0.05) is 13.1 Å². The van der Waals surface area contributed by atoms with E-state index in [4.69, 9.17) is 4.74 Å². The van der Waals surface area contributed by atoms with Gasteiger partial charge in [-0.2, -0.15) is 0 Å². The van der Waals surface area contributed by atoms with Crippen molar-refractivity contribution >= 4 is 27.5 Å². The van der Waals surface area contributed by atoms with Gasteiger partial charge in [-0.15, -0.1) is 11.3 Å². The molecule has 5 nitrogen and oxygen atoms in total. The van der Waals surface area contributed by atoms with Crippen molar-refractivity contribution in [3.63, 3.8) is 0 Å². The standard InChI is InChI=1S/C16H21N3O2S/c1-11-3-5-12(6-4-11)19(2)14(20)9-21-15-13-7-8-22-16(13)18-10-17-15/h7-8,10-12H,3-6,9H2,1-2H3. The molecule has 1 fully saturated rings. The van der Waals surface area contributed by atoms with Crippen molar-refractivity contribution < 1.29 is 9.53 Å². The average Bonchev–Trinajstić information content (AvgIpc) is 3.01. The molecule has 0 radical (unpaired) electrons. The third-order valence-electron chi connectivity index (χ3n) is 4.48. The number of rotatable bonds is 4. The van der Waals surface area contributed by atoms with Crippen molar-refractivity contribution in [1.29, 1.82) is 0 Å². The van der Waals surface area contributed by atoms with Crippen LogP contribution in [0.15, 0.2) is 17.8 Å². The van der Waals surface area contributed by atoms with Crippen molar-refractivity contribution in [3.05, 3.63) is 17.8 Å². The lowest BCUT2D eigenvalue weighted by atomic mass is 9.87. The lowest BCUT2D eigenvalue weighted by Crippen LogP contribution is -2.41. The van der Waals surface area contributed by atoms with Crippen LogP contribution in [0.3, 0.4) is 0 Å². The molecule has 6 heteroatoms. The second-order valence-corrected chi connectivity index (χ2v) is 6.92. The van der Waals surface area contributed by atoms with Crippen LogP contribution in [0.5, 0.6) is 5.88 Å². The molecule has 0 unspecified atom stereocenters. The summed E-state index contributed by atoms with van der Waals surface area (Å²) in [6.45, 7) is 2.31. The van der Waals surface area contributed by atoms with Crippen LogP contribution in [0.2, 0.25) is 0 Å². The largest absolute Gasteiger partial charge is 0.467 e. The fourth-order valence-corrected chi connectivity index (χ4v) is 3.67. The van der Waals surface area contributed by atoms with Crippen LogP contribution in [-0.4, -0.2) is 40.5 Å². The van der Waals surface area contributed by atoms with Crippen molar-refractivity contribution in [2.45, 2.75) is 38.6 Å². The average molecular weight is 319 g/mol. The van der Waals surface area contributed by atoms with Gasteiger partial charge in [0.1, 0.15) is 11.2 Å². The molecule has 0 aromatic carbocycles. The first-order valence-corrected chi connectivity index (χ1v) is 8.59. The molecule has 1 saturated carbocycles. The number of aromatic nitrogens is 2. The van der Waals surface area contributed by atoms with Crippen LogP contribution in [0.25, 0.3) is 10.2 Å². The van der Waals surface area contributed by atoms with E-state index in [-0.39, 0.29) is 12.5 Å². The highest BCUT2D eigenvalue weighted by atomic mass is 32.1. The fourth-order valence-electron chi connectivity index (χ4n) is 2.95. The molecular formula is C16H21N3O2S. The molecule has 0 N–H and O–H groups in total. The Bertz CT molecular complexity index is 650. The van der Waals surface area contributed by atoms with Crippen molar-refractivity contribution in [2.24, 2.45) is 5.92 Å². The molecule has 0 aliphatic heterocycles. The maximum Gasteiger partial charge on any atom is 0.260 e. The van der Waals surface area contributed by atoms with Crippen LogP contribution in [0.4, 0.5) is 0 Å². The maximum absolute atomic E-state index is 12.3. The van der Waals surface area contributed by atoms with Gasteiger partial charge >= 0.3 is 0 Å². The smallest absolute Gasteiger partial charge is 0.260 e. The van der Waals surface area contributed by atoms with Crippen LogP contribution in [-0.2, 0) is 4.79 Å². The minimum Gasteiger partial charge on any atom is -0.467 e. The number of thiophene rings is 1. The predicted octanol–water partition coefficient (Wildman–Crippen LogP) is 3.11. The number of likely N-dealkylation sites (N-methyl/N-ethyl adjacent to an activating group) is 1. The highest BCUT2D eigenvalue weighted by Crippen LogP contribution is 2.27. The zero-order valence-electron chi connectivity index (χ0n) is 13.0. The van der Waals surface area contributed by atoms with Gasteiger partial charge in [-0.3, -0.25) is 4.79 Å². The van der Waals surface area contributed by atoms with Crippen LogP contribution in [0.1, 0.15) is 32.6 Å². The molecule has 0 atom stereocenters. The van der Waals surface area contributed by atoms with E-state index in [1.165, 1.54) is 30.5 Å². The Morgan fingerprint density at radius 1 is 1.36 bits per heavy atom. The van der Waals surface area contributed by atoms with E-state index < -0.39 is 0 Å².